The minimum absolute atomic E-state index is 0.350. The Balaban J connectivity index is 2.57. The fourth-order valence-corrected chi connectivity index (χ4v) is 8.88. The zero-order valence-electron chi connectivity index (χ0n) is 16.0. The van der Waals surface area contributed by atoms with Gasteiger partial charge in [-0.15, -0.1) is 0 Å². The quantitative estimate of drug-likeness (QED) is 0.439. The van der Waals surface area contributed by atoms with E-state index in [0.717, 1.165) is 6.54 Å². The van der Waals surface area contributed by atoms with Gasteiger partial charge in [-0.2, -0.15) is 0 Å². The van der Waals surface area contributed by atoms with Crippen molar-refractivity contribution in [1.29, 1.82) is 0 Å². The molecule has 1 aromatic rings. The highest BCUT2D eigenvalue weighted by Crippen LogP contribution is 2.42. The summed E-state index contributed by atoms with van der Waals surface area (Å²) in [5, 5.41) is 3.52. The molecule has 0 saturated heterocycles. The molecule has 0 amide bonds. The Bertz CT molecular complexity index is 446. The van der Waals surface area contributed by atoms with Crippen LogP contribution in [0.3, 0.4) is 0 Å². The van der Waals surface area contributed by atoms with E-state index in [0.29, 0.717) is 22.7 Å². The molecule has 0 bridgehead atoms. The van der Waals surface area contributed by atoms with Crippen LogP contribution in [0.2, 0.25) is 16.6 Å². The molecule has 0 aliphatic rings. The predicted molar refractivity (Wildman–Crippen MR) is 104 cm³/mol. The Labute approximate surface area is 144 Å². The fraction of sp³-hybridized carbons (Fsp3) is 0.600. The molecule has 0 unspecified atom stereocenters. The number of nitrogens with one attached hydrogen (secondary N) is 1. The van der Waals surface area contributed by atoms with E-state index in [4.69, 9.17) is 4.43 Å². The molecule has 0 radical (unpaired) electrons. The summed E-state index contributed by atoms with van der Waals surface area (Å²) in [5.41, 5.74) is 3.16. The monoisotopic (exact) mass is 333 g/mol. The van der Waals surface area contributed by atoms with Gasteiger partial charge in [-0.05, 0) is 35.2 Å². The number of benzene rings is 1. The minimum atomic E-state index is -1.78. The van der Waals surface area contributed by atoms with Gasteiger partial charge in [0.15, 0.2) is 0 Å². The van der Waals surface area contributed by atoms with Crippen LogP contribution in [0.1, 0.15) is 60.1 Å². The first-order valence-corrected chi connectivity index (χ1v) is 11.1. The van der Waals surface area contributed by atoms with Gasteiger partial charge >= 0.3 is 0 Å². The van der Waals surface area contributed by atoms with Crippen LogP contribution in [0.25, 0.3) is 0 Å². The lowest BCUT2D eigenvalue weighted by Crippen LogP contribution is -2.46. The van der Waals surface area contributed by atoms with Crippen molar-refractivity contribution in [3.8, 4) is 0 Å². The summed E-state index contributed by atoms with van der Waals surface area (Å²) in [7, 11) is -1.78. The summed E-state index contributed by atoms with van der Waals surface area (Å²) >= 11 is 0. The summed E-state index contributed by atoms with van der Waals surface area (Å²) in [5.74, 6) is 0. The molecule has 0 fully saturated rings. The van der Waals surface area contributed by atoms with Crippen molar-refractivity contribution in [2.45, 2.75) is 71.1 Å². The lowest BCUT2D eigenvalue weighted by Gasteiger charge is -2.41. The van der Waals surface area contributed by atoms with E-state index in [-0.39, 0.29) is 0 Å². The normalized spacial score (nSPS) is 14.2. The molecular formula is C20H35NOSi. The second kappa shape index (κ2) is 9.29. The number of hydrogen-bond acceptors (Lipinski definition) is 2. The summed E-state index contributed by atoms with van der Waals surface area (Å²) in [6.45, 7) is 16.9. The fourth-order valence-electron chi connectivity index (χ4n) is 3.73. The highest BCUT2D eigenvalue weighted by Gasteiger charge is 2.46. The van der Waals surface area contributed by atoms with Crippen LogP contribution in [0.4, 0.5) is 0 Å². The summed E-state index contributed by atoms with van der Waals surface area (Å²) in [6.07, 6.45) is 4.07. The smallest absolute Gasteiger partial charge is 0.257 e. The molecule has 0 heterocycles. The second-order valence-electron chi connectivity index (χ2n) is 7.35. The van der Waals surface area contributed by atoms with Crippen LogP contribution in [0, 0.1) is 0 Å². The van der Waals surface area contributed by atoms with Crippen LogP contribution < -0.4 is 5.32 Å². The third-order valence-electron chi connectivity index (χ3n) is 4.92. The summed E-state index contributed by atoms with van der Waals surface area (Å²) < 4.78 is 6.42. The predicted octanol–water partition coefficient (Wildman–Crippen LogP) is 6.04. The first kappa shape index (κ1) is 20.0. The van der Waals surface area contributed by atoms with Gasteiger partial charge in [-0.3, -0.25) is 0 Å². The van der Waals surface area contributed by atoms with Crippen molar-refractivity contribution in [3.63, 3.8) is 0 Å². The minimum Gasteiger partial charge on any atom is -0.548 e. The van der Waals surface area contributed by atoms with E-state index in [2.05, 4.69) is 90.2 Å². The third-order valence-corrected chi connectivity index (χ3v) is 10.9. The summed E-state index contributed by atoms with van der Waals surface area (Å²) in [6, 6.07) is 10.9. The highest BCUT2D eigenvalue weighted by molar-refractivity contribution is 6.77. The molecule has 2 nitrogen and oxygen atoms in total. The van der Waals surface area contributed by atoms with Crippen molar-refractivity contribution in [2.75, 3.05) is 6.54 Å². The first-order valence-electron chi connectivity index (χ1n) is 8.93. The largest absolute Gasteiger partial charge is 0.548 e. The molecule has 0 aliphatic heterocycles. The van der Waals surface area contributed by atoms with Crippen LogP contribution >= 0.6 is 0 Å². The molecule has 0 spiro atoms. The third kappa shape index (κ3) is 5.22. The molecule has 3 heteroatoms. The average molecular weight is 334 g/mol. The van der Waals surface area contributed by atoms with Crippen LogP contribution in [-0.2, 0) is 4.43 Å². The van der Waals surface area contributed by atoms with Crippen LogP contribution in [0.5, 0.6) is 0 Å². The molecule has 0 saturated carbocycles. The highest BCUT2D eigenvalue weighted by atomic mass is 28.4. The Morgan fingerprint density at radius 1 is 0.913 bits per heavy atom. The van der Waals surface area contributed by atoms with E-state index >= 15 is 0 Å². The Kier molecular flexibility index (Phi) is 8.07. The molecule has 1 N–H and O–H groups in total. The molecular weight excluding hydrogens is 298 g/mol. The van der Waals surface area contributed by atoms with Gasteiger partial charge in [0.05, 0.1) is 6.26 Å². The van der Waals surface area contributed by atoms with Crippen LogP contribution in [-0.4, -0.2) is 14.9 Å². The summed E-state index contributed by atoms with van der Waals surface area (Å²) in [4.78, 5) is 0. The standard InChI is InChI=1S/C20H35NOSi/c1-16(2)23(17(3)4,18(5)6)22-15-11-14-21-19(7)20-12-9-8-10-13-20/h8-13,15-19,21H,14H2,1-7H3/b15-11+/t19-/m1/s1. The van der Waals surface area contributed by atoms with E-state index in [1.807, 2.05) is 6.26 Å². The molecule has 1 atom stereocenters. The van der Waals surface area contributed by atoms with Gasteiger partial charge in [-0.1, -0.05) is 71.9 Å². The molecule has 0 aliphatic carbocycles. The van der Waals surface area contributed by atoms with Gasteiger partial charge in [0.25, 0.3) is 8.32 Å². The van der Waals surface area contributed by atoms with Crippen molar-refractivity contribution < 1.29 is 4.43 Å². The number of rotatable bonds is 9. The molecule has 130 valence electrons. The molecule has 1 rings (SSSR count). The van der Waals surface area contributed by atoms with Crippen LogP contribution in [0.15, 0.2) is 42.7 Å². The van der Waals surface area contributed by atoms with E-state index in [1.54, 1.807) is 0 Å². The van der Waals surface area contributed by atoms with Gasteiger partial charge in [0, 0.05) is 12.6 Å². The second-order valence-corrected chi connectivity index (χ2v) is 12.8. The van der Waals surface area contributed by atoms with E-state index in [1.165, 1.54) is 5.56 Å². The van der Waals surface area contributed by atoms with Crippen molar-refractivity contribution >= 4 is 8.32 Å². The zero-order chi connectivity index (χ0) is 17.5. The molecule has 23 heavy (non-hydrogen) atoms. The van der Waals surface area contributed by atoms with E-state index in [9.17, 15) is 0 Å². The Morgan fingerprint density at radius 2 is 1.43 bits per heavy atom. The first-order chi connectivity index (χ1) is 10.8. The van der Waals surface area contributed by atoms with Gasteiger partial charge in [0.2, 0.25) is 0 Å². The maximum Gasteiger partial charge on any atom is 0.257 e. The van der Waals surface area contributed by atoms with Crippen molar-refractivity contribution in [3.05, 3.63) is 48.2 Å². The number of hydrogen-bond donors (Lipinski definition) is 1. The average Bonchev–Trinajstić information content (AvgIpc) is 2.50. The lowest BCUT2D eigenvalue weighted by atomic mass is 10.1. The van der Waals surface area contributed by atoms with Crippen molar-refractivity contribution in [2.24, 2.45) is 0 Å². The zero-order valence-corrected chi connectivity index (χ0v) is 17.0. The topological polar surface area (TPSA) is 21.3 Å². The van der Waals surface area contributed by atoms with Gasteiger partial charge in [-0.25, -0.2) is 0 Å². The Hall–Kier alpha value is -1.06. The molecule has 1 aromatic carbocycles. The van der Waals surface area contributed by atoms with Gasteiger partial charge < -0.3 is 9.74 Å². The van der Waals surface area contributed by atoms with Gasteiger partial charge in [0.1, 0.15) is 0 Å². The van der Waals surface area contributed by atoms with Crippen molar-refractivity contribution in [1.82, 2.24) is 5.32 Å². The molecule has 0 aromatic heterocycles. The maximum atomic E-state index is 6.42. The lowest BCUT2D eigenvalue weighted by molar-refractivity contribution is 0.414. The maximum absolute atomic E-state index is 6.42. The SMILES string of the molecule is CC(C)[Si](O/C=C/CN[C@H](C)c1ccccc1)(C(C)C)C(C)C. The Morgan fingerprint density at radius 3 is 1.91 bits per heavy atom. The van der Waals surface area contributed by atoms with E-state index < -0.39 is 8.32 Å².